The summed E-state index contributed by atoms with van der Waals surface area (Å²) in [6.07, 6.45) is 0.644. The number of phenols is 1. The zero-order valence-corrected chi connectivity index (χ0v) is 16.7. The summed E-state index contributed by atoms with van der Waals surface area (Å²) in [4.78, 5) is 15.4. The molecule has 1 aromatic carbocycles. The second-order valence-corrected chi connectivity index (χ2v) is 8.71. The van der Waals surface area contributed by atoms with Crippen molar-refractivity contribution in [1.82, 2.24) is 5.32 Å². The topological polar surface area (TPSA) is 108 Å². The Morgan fingerprint density at radius 1 is 1.46 bits per heavy atom. The highest BCUT2D eigenvalue weighted by Crippen LogP contribution is 2.38. The molecule has 0 bridgehead atoms. The Morgan fingerprint density at radius 3 is 2.69 bits per heavy atom. The van der Waals surface area contributed by atoms with E-state index in [1.54, 1.807) is 0 Å². The molecule has 0 spiro atoms. The number of amidine groups is 1. The van der Waals surface area contributed by atoms with E-state index in [0.717, 1.165) is 41.2 Å². The van der Waals surface area contributed by atoms with Crippen LogP contribution in [-0.4, -0.2) is 46.9 Å². The van der Waals surface area contributed by atoms with E-state index < -0.39 is 12.0 Å². The molecule has 5 N–H and O–H groups in total. The predicted octanol–water partition coefficient (Wildman–Crippen LogP) is 2.19. The number of hydrogen-bond donors (Lipinski definition) is 4. The molecule has 2 rings (SSSR count). The molecule has 0 saturated carbocycles. The van der Waals surface area contributed by atoms with Crippen molar-refractivity contribution in [3.63, 3.8) is 0 Å². The number of thioether (sulfide) groups is 1. The van der Waals surface area contributed by atoms with E-state index in [2.05, 4.69) is 31.1 Å². The molecule has 0 aliphatic carbocycles. The van der Waals surface area contributed by atoms with Crippen molar-refractivity contribution in [1.29, 1.82) is 0 Å². The fourth-order valence-corrected chi connectivity index (χ4v) is 3.95. The number of hydrogen-bond acceptors (Lipinski definition) is 6. The molecular formula is C19H29N3O3S. The van der Waals surface area contributed by atoms with Crippen LogP contribution in [0.2, 0.25) is 0 Å². The first kappa shape index (κ1) is 20.6. The first-order chi connectivity index (χ1) is 12.1. The Labute approximate surface area is 159 Å². The highest BCUT2D eigenvalue weighted by molar-refractivity contribution is 7.98. The molecule has 0 amide bonds. The van der Waals surface area contributed by atoms with Crippen molar-refractivity contribution < 1.29 is 15.0 Å². The molecule has 0 fully saturated rings. The Bertz CT molecular complexity index is 711. The van der Waals surface area contributed by atoms with Crippen LogP contribution in [0.1, 0.15) is 43.0 Å². The van der Waals surface area contributed by atoms with Gasteiger partial charge >= 0.3 is 5.97 Å². The van der Waals surface area contributed by atoms with Crippen LogP contribution in [0.3, 0.4) is 0 Å². The van der Waals surface area contributed by atoms with Gasteiger partial charge in [0.1, 0.15) is 17.6 Å². The summed E-state index contributed by atoms with van der Waals surface area (Å²) >= 11 is 1.50. The van der Waals surface area contributed by atoms with Gasteiger partial charge in [0.25, 0.3) is 0 Å². The third-order valence-electron chi connectivity index (χ3n) is 4.54. The summed E-state index contributed by atoms with van der Waals surface area (Å²) in [6.45, 7) is 9.77. The smallest absolute Gasteiger partial charge is 0.321 e. The number of carboxylic acids is 1. The van der Waals surface area contributed by atoms with E-state index in [1.165, 1.54) is 11.8 Å². The Balaban J connectivity index is 2.34. The number of nitrogens with two attached hydrogens (primary N) is 1. The predicted molar refractivity (Wildman–Crippen MR) is 107 cm³/mol. The maximum absolute atomic E-state index is 10.9. The number of rotatable bonds is 7. The minimum Gasteiger partial charge on any atom is -0.507 e. The first-order valence-corrected chi connectivity index (χ1v) is 9.95. The van der Waals surface area contributed by atoms with Crippen molar-refractivity contribution in [3.05, 3.63) is 28.3 Å². The Morgan fingerprint density at radius 2 is 2.15 bits per heavy atom. The quantitative estimate of drug-likeness (QED) is 0.578. The fraction of sp³-hybridized carbons (Fsp3) is 0.579. The zero-order valence-electron chi connectivity index (χ0n) is 15.9. The van der Waals surface area contributed by atoms with E-state index >= 15 is 0 Å². The number of carboxylic acid groups (broad SMARTS) is 1. The Hall–Kier alpha value is -1.73. The minimum atomic E-state index is -0.987. The summed E-state index contributed by atoms with van der Waals surface area (Å²) in [6, 6.07) is 1.18. The molecule has 1 aliphatic rings. The molecule has 1 aromatic rings. The molecule has 1 atom stereocenters. The monoisotopic (exact) mass is 379 g/mol. The number of benzene rings is 1. The number of aliphatic imine (C=N–C) groups is 1. The van der Waals surface area contributed by atoms with E-state index in [9.17, 15) is 9.90 Å². The summed E-state index contributed by atoms with van der Waals surface area (Å²) in [5.74, 6) is 1.28. The third-order valence-corrected chi connectivity index (χ3v) is 5.65. The minimum absolute atomic E-state index is 0.187. The van der Waals surface area contributed by atoms with Gasteiger partial charge in [0.15, 0.2) is 0 Å². The number of nitrogens with zero attached hydrogens (tertiary/aromatic N) is 1. The summed E-state index contributed by atoms with van der Waals surface area (Å²) < 4.78 is 0. The van der Waals surface area contributed by atoms with Gasteiger partial charge in [-0.2, -0.15) is 11.8 Å². The number of carbonyl (C=O) groups is 1. The molecule has 0 unspecified atom stereocenters. The molecule has 1 aliphatic heterocycles. The molecular weight excluding hydrogens is 350 g/mol. The van der Waals surface area contributed by atoms with Gasteiger partial charge in [-0.15, -0.1) is 0 Å². The third kappa shape index (κ3) is 4.92. The highest BCUT2D eigenvalue weighted by Gasteiger charge is 2.24. The van der Waals surface area contributed by atoms with E-state index in [0.29, 0.717) is 23.7 Å². The van der Waals surface area contributed by atoms with Crippen LogP contribution in [0.15, 0.2) is 11.1 Å². The second-order valence-electron chi connectivity index (χ2n) is 7.68. The van der Waals surface area contributed by atoms with E-state index in [4.69, 9.17) is 10.8 Å². The van der Waals surface area contributed by atoms with Gasteiger partial charge < -0.3 is 21.3 Å². The number of aliphatic carboxylic acids is 1. The lowest BCUT2D eigenvalue weighted by atomic mass is 9.82. The molecule has 26 heavy (non-hydrogen) atoms. The van der Waals surface area contributed by atoms with Gasteiger partial charge in [0.05, 0.1) is 6.54 Å². The lowest BCUT2D eigenvalue weighted by Gasteiger charge is -2.25. The van der Waals surface area contributed by atoms with Crippen LogP contribution >= 0.6 is 11.8 Å². The lowest BCUT2D eigenvalue weighted by Crippen LogP contribution is -2.32. The highest BCUT2D eigenvalue weighted by atomic mass is 32.2. The normalized spacial score (nSPS) is 15.5. The average molecular weight is 380 g/mol. The summed E-state index contributed by atoms with van der Waals surface area (Å²) in [5, 5.41) is 23.0. The molecule has 1 heterocycles. The SMILES string of the molecule is Cc1c(O)c(C(C)(C)C)cc(CSC[C@H](N)C(=O)O)c1CC1=NCCN1. The number of aromatic hydroxyl groups is 1. The van der Waals surface area contributed by atoms with E-state index in [-0.39, 0.29) is 5.41 Å². The van der Waals surface area contributed by atoms with Crippen LogP contribution in [0.5, 0.6) is 5.75 Å². The summed E-state index contributed by atoms with van der Waals surface area (Å²) in [7, 11) is 0. The molecule has 0 saturated heterocycles. The van der Waals surface area contributed by atoms with Crippen molar-refractivity contribution in [2.24, 2.45) is 10.7 Å². The zero-order chi connectivity index (χ0) is 19.5. The van der Waals surface area contributed by atoms with Crippen LogP contribution in [0, 0.1) is 6.92 Å². The van der Waals surface area contributed by atoms with Gasteiger partial charge in [-0.1, -0.05) is 26.8 Å². The van der Waals surface area contributed by atoms with Crippen molar-refractivity contribution in [3.8, 4) is 5.75 Å². The van der Waals surface area contributed by atoms with Gasteiger partial charge in [0, 0.05) is 24.5 Å². The second kappa shape index (κ2) is 8.31. The maximum Gasteiger partial charge on any atom is 0.321 e. The molecule has 0 aromatic heterocycles. The largest absolute Gasteiger partial charge is 0.507 e. The number of phenolic OH excluding ortho intramolecular Hbond substituents is 1. The fourth-order valence-electron chi connectivity index (χ4n) is 2.96. The Kier molecular flexibility index (Phi) is 6.58. The molecule has 6 nitrogen and oxygen atoms in total. The van der Waals surface area contributed by atoms with Crippen LogP contribution < -0.4 is 11.1 Å². The van der Waals surface area contributed by atoms with E-state index in [1.807, 2.05) is 13.0 Å². The van der Waals surface area contributed by atoms with Crippen molar-refractivity contribution >= 4 is 23.6 Å². The molecule has 144 valence electrons. The van der Waals surface area contributed by atoms with Gasteiger partial charge in [-0.25, -0.2) is 0 Å². The standard InChI is InChI=1S/C19H29N3O3S/c1-11-13(8-16-21-5-6-22-16)12(9-26-10-15(20)18(24)25)7-14(17(11)23)19(2,3)4/h7,15,23H,5-6,8-10,20H2,1-4H3,(H,21,22)(H,24,25)/t15-/m0/s1. The van der Waals surface area contributed by atoms with Crippen LogP contribution in [-0.2, 0) is 22.4 Å². The van der Waals surface area contributed by atoms with Crippen LogP contribution in [0.4, 0.5) is 0 Å². The van der Waals surface area contributed by atoms with Gasteiger partial charge in [-0.3, -0.25) is 9.79 Å². The average Bonchev–Trinajstić information content (AvgIpc) is 3.05. The number of nitrogens with one attached hydrogen (secondary N) is 1. The summed E-state index contributed by atoms with van der Waals surface area (Å²) in [5.41, 5.74) is 9.35. The van der Waals surface area contributed by atoms with Gasteiger partial charge in [0.2, 0.25) is 0 Å². The van der Waals surface area contributed by atoms with Crippen LogP contribution in [0.25, 0.3) is 0 Å². The van der Waals surface area contributed by atoms with Gasteiger partial charge in [-0.05, 0) is 34.6 Å². The van der Waals surface area contributed by atoms with Crippen molar-refractivity contribution in [2.75, 3.05) is 18.8 Å². The first-order valence-electron chi connectivity index (χ1n) is 8.79. The van der Waals surface area contributed by atoms with Crippen molar-refractivity contribution in [2.45, 2.75) is 51.3 Å². The maximum atomic E-state index is 10.9. The lowest BCUT2D eigenvalue weighted by molar-refractivity contribution is -0.137. The molecule has 7 heteroatoms. The molecule has 0 radical (unpaired) electrons.